The lowest BCUT2D eigenvalue weighted by molar-refractivity contribution is -0.137. The molecule has 5 nitrogen and oxygen atoms in total. The molecule has 0 saturated carbocycles. The minimum atomic E-state index is -4.50. The molecule has 1 saturated heterocycles. The predicted octanol–water partition coefficient (Wildman–Crippen LogP) is 4.50. The zero-order valence-electron chi connectivity index (χ0n) is 15.1. The van der Waals surface area contributed by atoms with Gasteiger partial charge < -0.3 is 4.74 Å². The molecular weight excluding hydrogens is 431 g/mol. The molecule has 0 spiro atoms. The van der Waals surface area contributed by atoms with Gasteiger partial charge in [-0.2, -0.15) is 17.5 Å². The summed E-state index contributed by atoms with van der Waals surface area (Å²) in [5, 5.41) is -0.0219. The van der Waals surface area contributed by atoms with Crippen molar-refractivity contribution in [2.75, 3.05) is 13.1 Å². The maximum Gasteiger partial charge on any atom is 0.416 e. The van der Waals surface area contributed by atoms with Crippen molar-refractivity contribution < 1.29 is 31.1 Å². The molecule has 10 heteroatoms. The van der Waals surface area contributed by atoms with Gasteiger partial charge >= 0.3 is 12.1 Å². The molecule has 1 aliphatic heterocycles. The third-order valence-corrected chi connectivity index (χ3v) is 6.85. The topological polar surface area (TPSA) is 63.7 Å². The first kappa shape index (κ1) is 21.6. The van der Waals surface area contributed by atoms with Gasteiger partial charge in [0.1, 0.15) is 11.5 Å². The van der Waals surface area contributed by atoms with Crippen LogP contribution < -0.4 is 0 Å². The molecule has 1 heterocycles. The van der Waals surface area contributed by atoms with Crippen LogP contribution in [0.5, 0.6) is 0 Å². The van der Waals surface area contributed by atoms with Gasteiger partial charge in [-0.15, -0.1) is 0 Å². The second-order valence-corrected chi connectivity index (χ2v) is 8.84. The van der Waals surface area contributed by atoms with Crippen LogP contribution in [0.4, 0.5) is 13.2 Å². The molecule has 0 unspecified atom stereocenters. The molecule has 2 aromatic carbocycles. The van der Waals surface area contributed by atoms with E-state index in [-0.39, 0.29) is 27.7 Å². The number of carbonyl (C=O) groups excluding carboxylic acids is 1. The summed E-state index contributed by atoms with van der Waals surface area (Å²) < 4.78 is 70.1. The summed E-state index contributed by atoms with van der Waals surface area (Å²) in [5.41, 5.74) is -0.747. The number of hydrogen-bond acceptors (Lipinski definition) is 4. The molecule has 2 aromatic rings. The molecule has 1 aliphatic rings. The first-order chi connectivity index (χ1) is 13.6. The van der Waals surface area contributed by atoms with Gasteiger partial charge in [-0.25, -0.2) is 13.2 Å². The summed E-state index contributed by atoms with van der Waals surface area (Å²) in [7, 11) is -3.85. The van der Waals surface area contributed by atoms with Gasteiger partial charge in [0.25, 0.3) is 0 Å². The first-order valence-electron chi connectivity index (χ1n) is 8.72. The maximum atomic E-state index is 12.8. The number of esters is 1. The molecule has 29 heavy (non-hydrogen) atoms. The highest BCUT2D eigenvalue weighted by Gasteiger charge is 2.31. The third-order valence-electron chi connectivity index (χ3n) is 4.47. The number of sulfonamides is 1. The molecule has 0 bridgehead atoms. The van der Waals surface area contributed by atoms with Gasteiger partial charge in [-0.3, -0.25) is 0 Å². The van der Waals surface area contributed by atoms with Gasteiger partial charge in [0, 0.05) is 13.1 Å². The van der Waals surface area contributed by atoms with E-state index in [4.69, 9.17) is 16.3 Å². The highest BCUT2D eigenvalue weighted by Crippen LogP contribution is 2.30. The molecule has 0 aromatic heterocycles. The first-order valence-corrected chi connectivity index (χ1v) is 10.5. The number of benzene rings is 2. The Morgan fingerprint density at radius 2 is 1.79 bits per heavy atom. The fraction of sp³-hybridized carbons (Fsp3) is 0.316. The number of halogens is 4. The number of rotatable bonds is 5. The predicted molar refractivity (Wildman–Crippen MR) is 100 cm³/mol. The maximum absolute atomic E-state index is 12.8. The van der Waals surface area contributed by atoms with Crippen molar-refractivity contribution >= 4 is 27.6 Å². The normalized spacial score (nSPS) is 15.4. The highest BCUT2D eigenvalue weighted by molar-refractivity contribution is 7.89. The van der Waals surface area contributed by atoms with E-state index >= 15 is 0 Å². The average molecular weight is 448 g/mol. The van der Waals surface area contributed by atoms with Crippen LogP contribution in [0, 0.1) is 0 Å². The zero-order chi connectivity index (χ0) is 21.2. The molecule has 0 aliphatic carbocycles. The summed E-state index contributed by atoms with van der Waals surface area (Å²) in [6.45, 7) is 0.366. The molecule has 0 radical (unpaired) electrons. The SMILES string of the molecule is O=C(OCc1cccc(C(F)(F)F)c1)c1ccc(Cl)c(S(=O)(=O)N2CCCC2)c1. The molecule has 156 valence electrons. The summed E-state index contributed by atoms with van der Waals surface area (Å²) in [5.74, 6) is -0.864. The fourth-order valence-electron chi connectivity index (χ4n) is 2.97. The van der Waals surface area contributed by atoms with Crippen LogP contribution in [0.25, 0.3) is 0 Å². The monoisotopic (exact) mass is 447 g/mol. The van der Waals surface area contributed by atoms with Crippen LogP contribution in [-0.2, 0) is 27.5 Å². The average Bonchev–Trinajstić information content (AvgIpc) is 3.21. The lowest BCUT2D eigenvalue weighted by Gasteiger charge is -2.17. The Bertz CT molecular complexity index is 1020. The van der Waals surface area contributed by atoms with E-state index in [0.29, 0.717) is 13.1 Å². The minimum absolute atomic E-state index is 0.0219. The van der Waals surface area contributed by atoms with Crippen LogP contribution in [0.15, 0.2) is 47.4 Å². The number of alkyl halides is 3. The zero-order valence-corrected chi connectivity index (χ0v) is 16.6. The Balaban J connectivity index is 1.77. The number of hydrogen-bond donors (Lipinski definition) is 0. The van der Waals surface area contributed by atoms with E-state index in [1.165, 1.54) is 28.6 Å². The van der Waals surface area contributed by atoms with Crippen molar-refractivity contribution in [3.05, 3.63) is 64.2 Å². The minimum Gasteiger partial charge on any atom is -0.457 e. The fourth-order valence-corrected chi connectivity index (χ4v) is 4.98. The Morgan fingerprint density at radius 1 is 1.10 bits per heavy atom. The smallest absolute Gasteiger partial charge is 0.416 e. The van der Waals surface area contributed by atoms with E-state index in [1.807, 2.05) is 0 Å². The van der Waals surface area contributed by atoms with Crippen molar-refractivity contribution in [1.82, 2.24) is 4.31 Å². The summed E-state index contributed by atoms with van der Waals surface area (Å²) in [4.78, 5) is 12.1. The van der Waals surface area contributed by atoms with E-state index in [0.717, 1.165) is 31.0 Å². The van der Waals surface area contributed by atoms with Gasteiger partial charge in [-0.1, -0.05) is 23.7 Å². The second kappa shape index (κ2) is 8.33. The number of ether oxygens (including phenoxy) is 1. The van der Waals surface area contributed by atoms with Crippen LogP contribution in [-0.4, -0.2) is 31.8 Å². The van der Waals surface area contributed by atoms with Crippen molar-refractivity contribution in [2.24, 2.45) is 0 Å². The van der Waals surface area contributed by atoms with Crippen molar-refractivity contribution in [1.29, 1.82) is 0 Å². The van der Waals surface area contributed by atoms with Crippen LogP contribution in [0.1, 0.15) is 34.3 Å². The molecule has 0 N–H and O–H groups in total. The summed E-state index contributed by atoms with van der Waals surface area (Å²) in [6.07, 6.45) is -3.01. The van der Waals surface area contributed by atoms with Gasteiger partial charge in [0.15, 0.2) is 0 Å². The van der Waals surface area contributed by atoms with Gasteiger partial charge in [0.05, 0.1) is 16.1 Å². The van der Waals surface area contributed by atoms with Crippen LogP contribution in [0.2, 0.25) is 5.02 Å². The van der Waals surface area contributed by atoms with Crippen LogP contribution in [0.3, 0.4) is 0 Å². The Morgan fingerprint density at radius 3 is 2.45 bits per heavy atom. The van der Waals surface area contributed by atoms with E-state index in [9.17, 15) is 26.4 Å². The van der Waals surface area contributed by atoms with Crippen molar-refractivity contribution in [2.45, 2.75) is 30.5 Å². The molecule has 3 rings (SSSR count). The van der Waals surface area contributed by atoms with Gasteiger partial charge in [-0.05, 0) is 48.7 Å². The Hall–Kier alpha value is -2.10. The van der Waals surface area contributed by atoms with Gasteiger partial charge in [0.2, 0.25) is 10.0 Å². The lowest BCUT2D eigenvalue weighted by atomic mass is 10.1. The molecule has 1 fully saturated rings. The van der Waals surface area contributed by atoms with E-state index in [1.54, 1.807) is 0 Å². The molecule has 0 atom stereocenters. The number of carbonyl (C=O) groups is 1. The summed E-state index contributed by atoms with van der Waals surface area (Å²) >= 11 is 6.03. The highest BCUT2D eigenvalue weighted by atomic mass is 35.5. The Labute approximate surface area is 171 Å². The van der Waals surface area contributed by atoms with Crippen LogP contribution >= 0.6 is 11.6 Å². The summed E-state index contributed by atoms with van der Waals surface area (Å²) in [6, 6.07) is 8.14. The lowest BCUT2D eigenvalue weighted by Crippen LogP contribution is -2.28. The largest absolute Gasteiger partial charge is 0.457 e. The molecular formula is C19H17ClF3NO4S. The third kappa shape index (κ3) is 4.91. The molecule has 0 amide bonds. The van der Waals surface area contributed by atoms with Crippen molar-refractivity contribution in [3.8, 4) is 0 Å². The Kier molecular flexibility index (Phi) is 6.21. The second-order valence-electron chi connectivity index (χ2n) is 6.53. The quantitative estimate of drug-likeness (QED) is 0.633. The van der Waals surface area contributed by atoms with E-state index in [2.05, 4.69) is 0 Å². The van der Waals surface area contributed by atoms with Crippen molar-refractivity contribution in [3.63, 3.8) is 0 Å². The van der Waals surface area contributed by atoms with E-state index < -0.39 is 27.7 Å². The standard InChI is InChI=1S/C19H17ClF3NO4S/c20-16-7-6-14(11-17(16)29(26,27)24-8-1-2-9-24)18(25)28-12-13-4-3-5-15(10-13)19(21,22)23/h3-7,10-11H,1-2,8-9,12H2. The number of nitrogens with zero attached hydrogens (tertiary/aromatic N) is 1.